The van der Waals surface area contributed by atoms with Gasteiger partial charge in [0.25, 0.3) is 0 Å². The zero-order valence-electron chi connectivity index (χ0n) is 11.5. The Labute approximate surface area is 116 Å². The fourth-order valence-corrected chi connectivity index (χ4v) is 2.39. The van der Waals surface area contributed by atoms with Gasteiger partial charge in [-0.3, -0.25) is 4.40 Å². The van der Waals surface area contributed by atoms with Crippen LogP contribution in [0.2, 0.25) is 0 Å². The van der Waals surface area contributed by atoms with Gasteiger partial charge in [-0.1, -0.05) is 0 Å². The van der Waals surface area contributed by atoms with Gasteiger partial charge in [-0.25, -0.2) is 9.78 Å². The minimum Gasteiger partial charge on any atom is -0.495 e. The summed E-state index contributed by atoms with van der Waals surface area (Å²) in [6.45, 7) is 1.98. The molecule has 1 aliphatic heterocycles. The number of esters is 1. The first-order chi connectivity index (χ1) is 9.72. The van der Waals surface area contributed by atoms with Gasteiger partial charge in [0.2, 0.25) is 0 Å². The van der Waals surface area contributed by atoms with Crippen molar-refractivity contribution < 1.29 is 14.3 Å². The van der Waals surface area contributed by atoms with Crippen LogP contribution >= 0.6 is 0 Å². The SMILES string of the molecule is COC(=O)c1nc(CC2CNC2)n2cc(OC)ccc12. The largest absolute Gasteiger partial charge is 0.495 e. The number of fused-ring (bicyclic) bond motifs is 1. The molecule has 0 bridgehead atoms. The summed E-state index contributed by atoms with van der Waals surface area (Å²) in [6, 6.07) is 3.65. The fourth-order valence-electron chi connectivity index (χ4n) is 2.39. The van der Waals surface area contributed by atoms with E-state index in [9.17, 15) is 4.79 Å². The monoisotopic (exact) mass is 275 g/mol. The Kier molecular flexibility index (Phi) is 3.31. The lowest BCUT2D eigenvalue weighted by Crippen LogP contribution is -2.43. The first-order valence-electron chi connectivity index (χ1n) is 6.57. The number of hydrogen-bond acceptors (Lipinski definition) is 5. The summed E-state index contributed by atoms with van der Waals surface area (Å²) in [6.07, 6.45) is 2.69. The van der Waals surface area contributed by atoms with Gasteiger partial charge < -0.3 is 14.8 Å². The van der Waals surface area contributed by atoms with Crippen molar-refractivity contribution >= 4 is 11.5 Å². The highest BCUT2D eigenvalue weighted by molar-refractivity contribution is 5.95. The lowest BCUT2D eigenvalue weighted by molar-refractivity contribution is 0.0596. The highest BCUT2D eigenvalue weighted by Gasteiger charge is 2.23. The van der Waals surface area contributed by atoms with E-state index in [4.69, 9.17) is 9.47 Å². The van der Waals surface area contributed by atoms with Crippen LogP contribution in [-0.4, -0.2) is 42.7 Å². The molecular formula is C14H17N3O3. The van der Waals surface area contributed by atoms with Crippen molar-refractivity contribution in [2.45, 2.75) is 6.42 Å². The van der Waals surface area contributed by atoms with Crippen LogP contribution in [0.5, 0.6) is 5.75 Å². The Morgan fingerprint density at radius 2 is 2.25 bits per heavy atom. The molecule has 2 aromatic heterocycles. The summed E-state index contributed by atoms with van der Waals surface area (Å²) in [7, 11) is 2.99. The summed E-state index contributed by atoms with van der Waals surface area (Å²) >= 11 is 0. The average Bonchev–Trinajstić information content (AvgIpc) is 2.80. The van der Waals surface area contributed by atoms with Crippen LogP contribution in [-0.2, 0) is 11.2 Å². The molecule has 6 nitrogen and oxygen atoms in total. The van der Waals surface area contributed by atoms with Gasteiger partial charge in [0.05, 0.1) is 25.9 Å². The highest BCUT2D eigenvalue weighted by Crippen LogP contribution is 2.21. The number of imidazole rings is 1. The maximum Gasteiger partial charge on any atom is 0.358 e. The first-order valence-corrected chi connectivity index (χ1v) is 6.57. The number of pyridine rings is 1. The zero-order valence-corrected chi connectivity index (χ0v) is 11.5. The van der Waals surface area contributed by atoms with Crippen molar-refractivity contribution in [1.82, 2.24) is 14.7 Å². The van der Waals surface area contributed by atoms with Crippen LogP contribution in [0, 0.1) is 5.92 Å². The minimum absolute atomic E-state index is 0.359. The third-order valence-corrected chi connectivity index (χ3v) is 3.63. The van der Waals surface area contributed by atoms with Gasteiger partial charge in [0.1, 0.15) is 11.6 Å². The summed E-state index contributed by atoms with van der Waals surface area (Å²) in [5.41, 5.74) is 1.11. The number of carbonyl (C=O) groups excluding carboxylic acids is 1. The highest BCUT2D eigenvalue weighted by atomic mass is 16.5. The Balaban J connectivity index is 2.08. The molecule has 1 aliphatic rings. The van der Waals surface area contributed by atoms with Gasteiger partial charge >= 0.3 is 5.97 Å². The molecule has 106 valence electrons. The van der Waals surface area contributed by atoms with Gasteiger partial charge in [0, 0.05) is 6.42 Å². The van der Waals surface area contributed by atoms with Crippen LogP contribution < -0.4 is 10.1 Å². The van der Waals surface area contributed by atoms with E-state index in [1.165, 1.54) is 7.11 Å². The van der Waals surface area contributed by atoms with E-state index in [2.05, 4.69) is 10.3 Å². The Morgan fingerprint density at radius 3 is 2.85 bits per heavy atom. The number of methoxy groups -OCH3 is 2. The molecule has 6 heteroatoms. The number of carbonyl (C=O) groups is 1. The smallest absolute Gasteiger partial charge is 0.358 e. The van der Waals surface area contributed by atoms with Crippen LogP contribution in [0.25, 0.3) is 5.52 Å². The molecule has 0 unspecified atom stereocenters. The molecule has 3 rings (SSSR count). The van der Waals surface area contributed by atoms with Crippen molar-refractivity contribution in [3.8, 4) is 5.75 Å². The number of aromatic nitrogens is 2. The van der Waals surface area contributed by atoms with E-state index in [1.807, 2.05) is 22.7 Å². The molecular weight excluding hydrogens is 258 g/mol. The number of hydrogen-bond donors (Lipinski definition) is 1. The van der Waals surface area contributed by atoms with Crippen LogP contribution in [0.4, 0.5) is 0 Å². The van der Waals surface area contributed by atoms with Gasteiger partial charge in [-0.2, -0.15) is 0 Å². The maximum absolute atomic E-state index is 11.8. The molecule has 1 N–H and O–H groups in total. The number of nitrogens with zero attached hydrogens (tertiary/aromatic N) is 2. The number of rotatable bonds is 4. The van der Waals surface area contributed by atoms with Crippen LogP contribution in [0.3, 0.4) is 0 Å². The fraction of sp³-hybridized carbons (Fsp3) is 0.429. The summed E-state index contributed by atoms with van der Waals surface area (Å²) < 4.78 is 12.0. The molecule has 0 aromatic carbocycles. The average molecular weight is 275 g/mol. The van der Waals surface area contributed by atoms with E-state index in [1.54, 1.807) is 7.11 Å². The summed E-state index contributed by atoms with van der Waals surface area (Å²) in [5, 5.41) is 3.24. The third kappa shape index (κ3) is 2.12. The molecule has 0 radical (unpaired) electrons. The van der Waals surface area contributed by atoms with Crippen molar-refractivity contribution in [3.05, 3.63) is 29.8 Å². The van der Waals surface area contributed by atoms with Gasteiger partial charge in [0.15, 0.2) is 5.69 Å². The normalized spacial score (nSPS) is 15.1. The van der Waals surface area contributed by atoms with Crippen molar-refractivity contribution in [2.75, 3.05) is 27.3 Å². The zero-order chi connectivity index (χ0) is 14.1. The van der Waals surface area contributed by atoms with E-state index >= 15 is 0 Å². The summed E-state index contributed by atoms with van der Waals surface area (Å²) in [4.78, 5) is 16.3. The van der Waals surface area contributed by atoms with Gasteiger partial charge in [-0.05, 0) is 31.1 Å². The van der Waals surface area contributed by atoms with Gasteiger partial charge in [-0.15, -0.1) is 0 Å². The third-order valence-electron chi connectivity index (χ3n) is 3.63. The molecule has 1 fully saturated rings. The standard InChI is InChI=1S/C14H17N3O3/c1-19-10-3-4-11-13(14(18)20-2)16-12(17(11)8-10)5-9-6-15-7-9/h3-4,8-9,15H,5-7H2,1-2H3. The molecule has 0 spiro atoms. The van der Waals surface area contributed by atoms with Crippen molar-refractivity contribution in [1.29, 1.82) is 0 Å². The molecule has 0 atom stereocenters. The predicted octanol–water partition coefficient (Wildman–Crippen LogP) is 0.891. The summed E-state index contributed by atoms with van der Waals surface area (Å²) in [5.74, 6) is 1.76. The van der Waals surface area contributed by atoms with Crippen LogP contribution in [0.15, 0.2) is 18.3 Å². The second kappa shape index (κ2) is 5.13. The first kappa shape index (κ1) is 12.9. The number of nitrogens with one attached hydrogen (secondary N) is 1. The number of ether oxygens (including phenoxy) is 2. The molecule has 20 heavy (non-hydrogen) atoms. The Bertz CT molecular complexity index is 646. The molecule has 2 aromatic rings. The van der Waals surface area contributed by atoms with E-state index < -0.39 is 5.97 Å². The lowest BCUT2D eigenvalue weighted by Gasteiger charge is -2.26. The topological polar surface area (TPSA) is 64.9 Å². The molecule has 0 aliphatic carbocycles. The Morgan fingerprint density at radius 1 is 1.45 bits per heavy atom. The van der Waals surface area contributed by atoms with Crippen molar-refractivity contribution in [3.63, 3.8) is 0 Å². The second-order valence-corrected chi connectivity index (χ2v) is 4.92. The van der Waals surface area contributed by atoms with E-state index in [-0.39, 0.29) is 0 Å². The lowest BCUT2D eigenvalue weighted by atomic mass is 9.99. The van der Waals surface area contributed by atoms with E-state index in [0.29, 0.717) is 11.6 Å². The molecule has 0 saturated carbocycles. The predicted molar refractivity (Wildman–Crippen MR) is 73.1 cm³/mol. The van der Waals surface area contributed by atoms with E-state index in [0.717, 1.165) is 36.6 Å². The minimum atomic E-state index is -0.411. The second-order valence-electron chi connectivity index (χ2n) is 4.92. The molecule has 1 saturated heterocycles. The Hall–Kier alpha value is -2.08. The van der Waals surface area contributed by atoms with Crippen LogP contribution in [0.1, 0.15) is 16.3 Å². The maximum atomic E-state index is 11.8. The quantitative estimate of drug-likeness (QED) is 0.840. The molecule has 3 heterocycles. The van der Waals surface area contributed by atoms with Crippen molar-refractivity contribution in [2.24, 2.45) is 5.92 Å². The molecule has 0 amide bonds.